The third kappa shape index (κ3) is 3.48. The minimum absolute atomic E-state index is 0.0237. The van der Waals surface area contributed by atoms with E-state index >= 15 is 0 Å². The minimum atomic E-state index is -0.615. The second kappa shape index (κ2) is 7.59. The molecule has 1 fully saturated rings. The Hall–Kier alpha value is -3.55. The Morgan fingerprint density at radius 3 is 2.43 bits per heavy atom. The van der Waals surface area contributed by atoms with Gasteiger partial charge in [-0.3, -0.25) is 14.2 Å². The predicted molar refractivity (Wildman–Crippen MR) is 104 cm³/mol. The van der Waals surface area contributed by atoms with E-state index in [1.54, 1.807) is 17.0 Å². The van der Waals surface area contributed by atoms with Gasteiger partial charge in [0.1, 0.15) is 11.3 Å². The number of para-hydroxylation sites is 1. The Morgan fingerprint density at radius 2 is 1.75 bits per heavy atom. The van der Waals surface area contributed by atoms with E-state index in [2.05, 4.69) is 9.88 Å². The number of piperazine rings is 1. The first-order chi connectivity index (χ1) is 13.6. The van der Waals surface area contributed by atoms with Gasteiger partial charge in [0, 0.05) is 38.1 Å². The van der Waals surface area contributed by atoms with E-state index < -0.39 is 11.2 Å². The van der Waals surface area contributed by atoms with Gasteiger partial charge in [-0.1, -0.05) is 18.2 Å². The van der Waals surface area contributed by atoms with Crippen molar-refractivity contribution in [3.05, 3.63) is 87.1 Å². The fourth-order valence-corrected chi connectivity index (χ4v) is 3.34. The Labute approximate surface area is 160 Å². The van der Waals surface area contributed by atoms with Gasteiger partial charge in [0.25, 0.3) is 11.5 Å². The molecule has 0 atom stereocenters. The van der Waals surface area contributed by atoms with Crippen LogP contribution in [0.4, 0.5) is 5.69 Å². The van der Waals surface area contributed by atoms with E-state index in [0.29, 0.717) is 31.9 Å². The predicted octanol–water partition coefficient (Wildman–Crippen LogP) is 1.14. The van der Waals surface area contributed by atoms with E-state index in [4.69, 9.17) is 4.42 Å². The summed E-state index contributed by atoms with van der Waals surface area (Å²) >= 11 is 0. The third-order valence-corrected chi connectivity index (χ3v) is 4.87. The maximum atomic E-state index is 12.9. The van der Waals surface area contributed by atoms with Crippen molar-refractivity contribution >= 4 is 11.6 Å². The van der Waals surface area contributed by atoms with Crippen molar-refractivity contribution in [1.29, 1.82) is 0 Å². The zero-order valence-electron chi connectivity index (χ0n) is 15.2. The summed E-state index contributed by atoms with van der Waals surface area (Å²) in [7, 11) is 0. The summed E-state index contributed by atoms with van der Waals surface area (Å²) in [4.78, 5) is 44.0. The number of carbonyl (C=O) groups excluding carboxylic acids is 1. The highest BCUT2D eigenvalue weighted by atomic mass is 16.3. The first kappa shape index (κ1) is 17.8. The maximum Gasteiger partial charge on any atom is 0.328 e. The van der Waals surface area contributed by atoms with Crippen molar-refractivity contribution < 1.29 is 9.21 Å². The van der Waals surface area contributed by atoms with Crippen molar-refractivity contribution in [2.75, 3.05) is 31.1 Å². The van der Waals surface area contributed by atoms with Crippen molar-refractivity contribution in [2.24, 2.45) is 0 Å². The second-order valence-electron chi connectivity index (χ2n) is 6.59. The number of nitrogens with one attached hydrogen (secondary N) is 1. The van der Waals surface area contributed by atoms with Gasteiger partial charge >= 0.3 is 5.69 Å². The number of amides is 1. The normalized spacial score (nSPS) is 14.3. The van der Waals surface area contributed by atoms with Crippen LogP contribution in [0.15, 0.2) is 68.9 Å². The van der Waals surface area contributed by atoms with E-state index in [-0.39, 0.29) is 18.0 Å². The molecule has 28 heavy (non-hydrogen) atoms. The summed E-state index contributed by atoms with van der Waals surface area (Å²) in [6, 6.07) is 13.3. The molecule has 0 radical (unpaired) electrons. The van der Waals surface area contributed by atoms with Crippen LogP contribution in [-0.2, 0) is 6.54 Å². The quantitative estimate of drug-likeness (QED) is 0.733. The number of aromatic nitrogens is 2. The van der Waals surface area contributed by atoms with Crippen LogP contribution in [0.2, 0.25) is 0 Å². The number of hydrogen-bond donors (Lipinski definition) is 1. The number of furan rings is 1. The van der Waals surface area contributed by atoms with E-state index in [1.165, 1.54) is 12.5 Å². The van der Waals surface area contributed by atoms with E-state index in [1.807, 2.05) is 30.3 Å². The molecule has 1 amide bonds. The van der Waals surface area contributed by atoms with E-state index in [9.17, 15) is 14.4 Å². The second-order valence-corrected chi connectivity index (χ2v) is 6.59. The zero-order valence-corrected chi connectivity index (χ0v) is 15.2. The monoisotopic (exact) mass is 380 g/mol. The highest BCUT2D eigenvalue weighted by Gasteiger charge is 2.25. The lowest BCUT2D eigenvalue weighted by Gasteiger charge is -2.36. The molecule has 0 spiro atoms. The average molecular weight is 380 g/mol. The number of aromatic amines is 1. The Morgan fingerprint density at radius 1 is 1.00 bits per heavy atom. The number of nitrogens with zero attached hydrogens (tertiary/aromatic N) is 3. The van der Waals surface area contributed by atoms with Gasteiger partial charge in [-0.2, -0.15) is 0 Å². The number of hydrogen-bond acceptors (Lipinski definition) is 5. The van der Waals surface area contributed by atoms with Gasteiger partial charge in [-0.05, 0) is 24.3 Å². The molecule has 0 bridgehead atoms. The standard InChI is InChI=1S/C20H20N4O4/c25-18(23-10-8-22(9-11-23)15-5-2-1-3-6-15)17-13-21-20(27)24(19(17)26)14-16-7-4-12-28-16/h1-7,12-13H,8-11,14H2,(H,21,27). The molecule has 1 aromatic carbocycles. The van der Waals surface area contributed by atoms with Crippen LogP contribution >= 0.6 is 0 Å². The summed E-state index contributed by atoms with van der Waals surface area (Å²) in [5.41, 5.74) is -0.124. The zero-order chi connectivity index (χ0) is 19.5. The molecule has 4 rings (SSSR count). The third-order valence-electron chi connectivity index (χ3n) is 4.87. The summed E-state index contributed by atoms with van der Waals surface area (Å²) in [5.74, 6) is 0.0934. The van der Waals surface area contributed by atoms with Crippen molar-refractivity contribution in [2.45, 2.75) is 6.54 Å². The summed E-state index contributed by atoms with van der Waals surface area (Å²) < 4.78 is 6.18. The number of benzene rings is 1. The number of H-pyrrole nitrogens is 1. The molecule has 144 valence electrons. The largest absolute Gasteiger partial charge is 0.467 e. The first-order valence-electron chi connectivity index (χ1n) is 9.07. The lowest BCUT2D eigenvalue weighted by molar-refractivity contribution is 0.0743. The molecule has 0 saturated carbocycles. The smallest absolute Gasteiger partial charge is 0.328 e. The van der Waals surface area contributed by atoms with Crippen LogP contribution in [0.1, 0.15) is 16.1 Å². The van der Waals surface area contributed by atoms with Crippen LogP contribution in [0.3, 0.4) is 0 Å². The number of anilines is 1. The van der Waals surface area contributed by atoms with Crippen molar-refractivity contribution in [3.63, 3.8) is 0 Å². The Bertz CT molecular complexity index is 1060. The van der Waals surface area contributed by atoms with E-state index in [0.717, 1.165) is 10.3 Å². The molecule has 1 saturated heterocycles. The lowest BCUT2D eigenvalue weighted by atomic mass is 10.2. The van der Waals surface area contributed by atoms with Gasteiger partial charge in [-0.25, -0.2) is 4.79 Å². The lowest BCUT2D eigenvalue weighted by Crippen LogP contribution is -2.50. The molecule has 3 heterocycles. The van der Waals surface area contributed by atoms with Gasteiger partial charge in [-0.15, -0.1) is 0 Å². The molecule has 1 aliphatic heterocycles. The number of rotatable bonds is 4. The SMILES string of the molecule is O=C(c1c[nH]c(=O)n(Cc2ccco2)c1=O)N1CCN(c2ccccc2)CC1. The molecular formula is C20H20N4O4. The Kier molecular flexibility index (Phi) is 4.84. The summed E-state index contributed by atoms with van der Waals surface area (Å²) in [6.45, 7) is 2.35. The number of carbonyl (C=O) groups is 1. The molecule has 1 N–H and O–H groups in total. The molecular weight excluding hydrogens is 360 g/mol. The van der Waals surface area contributed by atoms with Crippen LogP contribution < -0.4 is 16.1 Å². The molecule has 0 aliphatic carbocycles. The fourth-order valence-electron chi connectivity index (χ4n) is 3.34. The van der Waals surface area contributed by atoms with Crippen LogP contribution in [-0.4, -0.2) is 46.5 Å². The maximum absolute atomic E-state index is 12.9. The highest BCUT2D eigenvalue weighted by molar-refractivity contribution is 5.93. The fraction of sp³-hybridized carbons (Fsp3) is 0.250. The summed E-state index contributed by atoms with van der Waals surface area (Å²) in [6.07, 6.45) is 2.67. The Balaban J connectivity index is 1.51. The first-order valence-corrected chi connectivity index (χ1v) is 9.07. The van der Waals surface area contributed by atoms with Crippen molar-refractivity contribution in [3.8, 4) is 0 Å². The van der Waals surface area contributed by atoms with Crippen LogP contribution in [0.25, 0.3) is 0 Å². The molecule has 0 unspecified atom stereocenters. The van der Waals surface area contributed by atoms with Crippen LogP contribution in [0, 0.1) is 0 Å². The van der Waals surface area contributed by atoms with Crippen molar-refractivity contribution in [1.82, 2.24) is 14.5 Å². The van der Waals surface area contributed by atoms with Gasteiger partial charge in [0.05, 0.1) is 12.8 Å². The van der Waals surface area contributed by atoms with Gasteiger partial charge < -0.3 is 19.2 Å². The molecule has 1 aliphatic rings. The van der Waals surface area contributed by atoms with Gasteiger partial charge in [0.15, 0.2) is 0 Å². The average Bonchev–Trinajstić information content (AvgIpc) is 3.25. The highest BCUT2D eigenvalue weighted by Crippen LogP contribution is 2.16. The summed E-state index contributed by atoms with van der Waals surface area (Å²) in [5, 5.41) is 0. The molecule has 2 aromatic heterocycles. The van der Waals surface area contributed by atoms with Gasteiger partial charge in [0.2, 0.25) is 0 Å². The topological polar surface area (TPSA) is 91.5 Å². The molecule has 8 heteroatoms. The molecule has 8 nitrogen and oxygen atoms in total. The minimum Gasteiger partial charge on any atom is -0.467 e. The van der Waals surface area contributed by atoms with Crippen LogP contribution in [0.5, 0.6) is 0 Å². The molecule has 3 aromatic rings.